The third-order valence-electron chi connectivity index (χ3n) is 2.81. The van der Waals surface area contributed by atoms with E-state index in [1.807, 2.05) is 6.08 Å². The van der Waals surface area contributed by atoms with E-state index in [2.05, 4.69) is 0 Å². The average molecular weight is 221 g/mol. The van der Waals surface area contributed by atoms with Crippen LogP contribution in [0, 0.1) is 12.7 Å². The number of halogens is 1. The first-order valence-corrected chi connectivity index (χ1v) is 5.53. The van der Waals surface area contributed by atoms with Crippen molar-refractivity contribution in [2.45, 2.75) is 25.8 Å². The molecule has 1 heterocycles. The van der Waals surface area contributed by atoms with E-state index in [0.29, 0.717) is 5.56 Å². The fourth-order valence-corrected chi connectivity index (χ4v) is 1.82. The van der Waals surface area contributed by atoms with Gasteiger partial charge in [0.1, 0.15) is 11.6 Å². The Kier molecular flexibility index (Phi) is 3.25. The van der Waals surface area contributed by atoms with Crippen LogP contribution in [0.5, 0.6) is 0 Å². The molecule has 16 heavy (non-hydrogen) atoms. The van der Waals surface area contributed by atoms with Gasteiger partial charge in [-0.05, 0) is 43.0 Å². The van der Waals surface area contributed by atoms with E-state index in [4.69, 9.17) is 10.5 Å². The Morgan fingerprint density at radius 2 is 2.25 bits per heavy atom. The minimum Gasteiger partial charge on any atom is -0.496 e. The van der Waals surface area contributed by atoms with Crippen LogP contribution in [0.2, 0.25) is 0 Å². The van der Waals surface area contributed by atoms with Gasteiger partial charge in [-0.1, -0.05) is 12.1 Å². The van der Waals surface area contributed by atoms with Gasteiger partial charge < -0.3 is 10.5 Å². The number of nitrogens with two attached hydrogens (primary N) is 1. The van der Waals surface area contributed by atoms with Gasteiger partial charge in [0.2, 0.25) is 0 Å². The molecule has 2 rings (SSSR count). The highest BCUT2D eigenvalue weighted by Gasteiger charge is 2.16. The molecule has 0 aliphatic carbocycles. The largest absolute Gasteiger partial charge is 0.496 e. The van der Waals surface area contributed by atoms with E-state index in [-0.39, 0.29) is 11.9 Å². The number of allylic oxidation sites excluding steroid dienone is 1. The molecule has 1 aliphatic heterocycles. The molecule has 0 saturated heterocycles. The molecule has 0 spiro atoms. The zero-order valence-electron chi connectivity index (χ0n) is 9.37. The van der Waals surface area contributed by atoms with E-state index in [1.165, 1.54) is 6.07 Å². The van der Waals surface area contributed by atoms with E-state index < -0.39 is 0 Å². The molecular weight excluding hydrogens is 205 g/mol. The molecule has 0 radical (unpaired) electrons. The molecule has 3 heteroatoms. The van der Waals surface area contributed by atoms with Crippen LogP contribution >= 0.6 is 0 Å². The summed E-state index contributed by atoms with van der Waals surface area (Å²) in [5.74, 6) is 0.603. The maximum atomic E-state index is 13.1. The molecular formula is C13H16FNO. The molecule has 86 valence electrons. The minimum atomic E-state index is -0.278. The lowest BCUT2D eigenvalue weighted by atomic mass is 10.0. The number of rotatable bonds is 2. The summed E-state index contributed by atoms with van der Waals surface area (Å²) >= 11 is 0. The van der Waals surface area contributed by atoms with Gasteiger partial charge in [0.05, 0.1) is 12.6 Å². The topological polar surface area (TPSA) is 35.2 Å². The van der Waals surface area contributed by atoms with Crippen molar-refractivity contribution in [3.8, 4) is 0 Å². The molecule has 1 aromatic rings. The third kappa shape index (κ3) is 2.25. The van der Waals surface area contributed by atoms with Gasteiger partial charge in [-0.3, -0.25) is 0 Å². The van der Waals surface area contributed by atoms with Crippen LogP contribution in [-0.2, 0) is 4.74 Å². The second-order valence-electron chi connectivity index (χ2n) is 4.08. The van der Waals surface area contributed by atoms with Crippen LogP contribution in [0.15, 0.2) is 30.0 Å². The Morgan fingerprint density at radius 1 is 1.44 bits per heavy atom. The number of hydrogen-bond donors (Lipinski definition) is 1. The van der Waals surface area contributed by atoms with Crippen molar-refractivity contribution in [2.75, 3.05) is 6.61 Å². The molecule has 0 fully saturated rings. The maximum Gasteiger partial charge on any atom is 0.126 e. The Bertz CT molecular complexity index is 414. The third-order valence-corrected chi connectivity index (χ3v) is 2.81. The number of aryl methyl sites for hydroxylation is 1. The van der Waals surface area contributed by atoms with Crippen LogP contribution in [-0.4, -0.2) is 6.61 Å². The Labute approximate surface area is 94.9 Å². The van der Waals surface area contributed by atoms with E-state index in [0.717, 1.165) is 30.8 Å². The molecule has 1 aromatic carbocycles. The van der Waals surface area contributed by atoms with E-state index in [1.54, 1.807) is 19.1 Å². The highest BCUT2D eigenvalue weighted by atomic mass is 19.1. The van der Waals surface area contributed by atoms with Crippen molar-refractivity contribution in [1.29, 1.82) is 0 Å². The summed E-state index contributed by atoms with van der Waals surface area (Å²) < 4.78 is 18.6. The molecule has 1 atom stereocenters. The lowest BCUT2D eigenvalue weighted by Crippen LogP contribution is -2.18. The van der Waals surface area contributed by atoms with Gasteiger partial charge in [0.25, 0.3) is 0 Å². The van der Waals surface area contributed by atoms with E-state index >= 15 is 0 Å². The number of ether oxygens (including phenoxy) is 1. The first-order valence-electron chi connectivity index (χ1n) is 5.53. The molecule has 2 nitrogen and oxygen atoms in total. The maximum absolute atomic E-state index is 13.1. The van der Waals surface area contributed by atoms with Crippen LogP contribution < -0.4 is 5.73 Å². The molecule has 0 bridgehead atoms. The lowest BCUT2D eigenvalue weighted by Gasteiger charge is -2.21. The fraction of sp³-hybridized carbons (Fsp3) is 0.385. The monoisotopic (exact) mass is 221 g/mol. The van der Waals surface area contributed by atoms with Crippen molar-refractivity contribution in [3.63, 3.8) is 0 Å². The summed E-state index contributed by atoms with van der Waals surface area (Å²) in [5, 5.41) is 0. The highest BCUT2D eigenvalue weighted by molar-refractivity contribution is 5.30. The van der Waals surface area contributed by atoms with Crippen LogP contribution in [0.4, 0.5) is 4.39 Å². The summed E-state index contributed by atoms with van der Waals surface area (Å²) in [6.07, 6.45) is 4.06. The van der Waals surface area contributed by atoms with Crippen LogP contribution in [0.25, 0.3) is 0 Å². The van der Waals surface area contributed by atoms with Gasteiger partial charge >= 0.3 is 0 Å². The predicted octanol–water partition coefficient (Wildman–Crippen LogP) is 2.83. The summed E-state index contributed by atoms with van der Waals surface area (Å²) in [4.78, 5) is 0. The van der Waals surface area contributed by atoms with Gasteiger partial charge in [-0.2, -0.15) is 0 Å². The normalized spacial score (nSPS) is 17.6. The Balaban J connectivity index is 2.22. The molecule has 1 unspecified atom stereocenters. The standard InChI is InChI=1S/C13H16FNO/c1-9-8-10(5-6-11(9)14)13(15)12-4-2-3-7-16-12/h4-6,8,13H,2-3,7,15H2,1H3. The summed E-state index contributed by atoms with van der Waals surface area (Å²) in [6.45, 7) is 2.46. The average Bonchev–Trinajstić information content (AvgIpc) is 2.33. The SMILES string of the molecule is Cc1cc(C(N)C2=CCCCO2)ccc1F. The number of benzene rings is 1. The molecule has 0 saturated carbocycles. The van der Waals surface area contributed by atoms with Crippen molar-refractivity contribution >= 4 is 0 Å². The molecule has 0 amide bonds. The quantitative estimate of drug-likeness (QED) is 0.833. The van der Waals surface area contributed by atoms with E-state index in [9.17, 15) is 4.39 Å². The zero-order valence-corrected chi connectivity index (χ0v) is 9.37. The zero-order chi connectivity index (χ0) is 11.5. The van der Waals surface area contributed by atoms with Crippen LogP contribution in [0.3, 0.4) is 0 Å². The summed E-state index contributed by atoms with van der Waals surface area (Å²) in [7, 11) is 0. The first-order chi connectivity index (χ1) is 7.68. The number of hydrogen-bond acceptors (Lipinski definition) is 2. The smallest absolute Gasteiger partial charge is 0.126 e. The van der Waals surface area contributed by atoms with Gasteiger partial charge in [-0.25, -0.2) is 4.39 Å². The first kappa shape index (κ1) is 11.1. The molecule has 0 aromatic heterocycles. The molecule has 2 N–H and O–H groups in total. The van der Waals surface area contributed by atoms with Crippen molar-refractivity contribution in [1.82, 2.24) is 0 Å². The van der Waals surface area contributed by atoms with Crippen LogP contribution in [0.1, 0.15) is 30.0 Å². The second kappa shape index (κ2) is 4.66. The minimum absolute atomic E-state index is 0.200. The molecule has 1 aliphatic rings. The summed E-state index contributed by atoms with van der Waals surface area (Å²) in [6, 6.07) is 4.66. The fourth-order valence-electron chi connectivity index (χ4n) is 1.82. The highest BCUT2D eigenvalue weighted by Crippen LogP contribution is 2.24. The second-order valence-corrected chi connectivity index (χ2v) is 4.08. The van der Waals surface area contributed by atoms with Gasteiger partial charge in [0.15, 0.2) is 0 Å². The predicted molar refractivity (Wildman–Crippen MR) is 61.3 cm³/mol. The lowest BCUT2D eigenvalue weighted by molar-refractivity contribution is 0.176. The van der Waals surface area contributed by atoms with Gasteiger partial charge in [-0.15, -0.1) is 0 Å². The Hall–Kier alpha value is -1.35. The van der Waals surface area contributed by atoms with Gasteiger partial charge in [0, 0.05) is 0 Å². The summed E-state index contributed by atoms with van der Waals surface area (Å²) in [5.41, 5.74) is 7.58. The van der Waals surface area contributed by atoms with Crippen molar-refractivity contribution in [3.05, 3.63) is 47.0 Å². The Morgan fingerprint density at radius 3 is 2.88 bits per heavy atom. The van der Waals surface area contributed by atoms with Crippen molar-refractivity contribution in [2.24, 2.45) is 5.73 Å². The van der Waals surface area contributed by atoms with Crippen molar-refractivity contribution < 1.29 is 9.13 Å².